The molecular formula is C15H18N2O4S. The van der Waals surface area contributed by atoms with Crippen LogP contribution in [0.25, 0.3) is 0 Å². The number of ether oxygens (including phenoxy) is 2. The molecule has 0 aromatic heterocycles. The number of benzene rings is 1. The average Bonchev–Trinajstić information content (AvgIpc) is 2.98. The number of cyclic esters (lactones) is 1. The van der Waals surface area contributed by atoms with Crippen LogP contribution < -0.4 is 0 Å². The molecule has 0 amide bonds. The largest absolute Gasteiger partial charge is 0.433 e. The number of carbonyl (C=O) groups excluding carboxylic acids is 1. The number of esters is 1. The van der Waals surface area contributed by atoms with Gasteiger partial charge in [-0.15, -0.1) is 0 Å². The first-order valence-corrected chi connectivity index (χ1v) is 8.39. The standard InChI is InChI=1S/C15H18N2O4S/c1-4-20-13-12-10(3)16-17-15(12,14(18)21-13)22(19)11-7-5-9(2)6-8-11/h5-8,10,12-13H,4H2,1-3H3/t10-,12+,13+,15-,22+/m1/s1. The summed E-state index contributed by atoms with van der Waals surface area (Å²) in [6, 6.07) is 6.93. The molecular weight excluding hydrogens is 304 g/mol. The van der Waals surface area contributed by atoms with Crippen molar-refractivity contribution in [2.75, 3.05) is 6.61 Å². The lowest BCUT2D eigenvalue weighted by Crippen LogP contribution is -2.45. The Bertz CT molecular complexity index is 645. The van der Waals surface area contributed by atoms with Gasteiger partial charge in [-0.2, -0.15) is 10.2 Å². The van der Waals surface area contributed by atoms with Crippen LogP contribution in [0.15, 0.2) is 39.4 Å². The molecule has 6 nitrogen and oxygen atoms in total. The van der Waals surface area contributed by atoms with Crippen molar-refractivity contribution in [2.24, 2.45) is 16.1 Å². The highest BCUT2D eigenvalue weighted by Gasteiger charge is 2.68. The molecule has 2 aliphatic rings. The molecule has 5 atom stereocenters. The van der Waals surface area contributed by atoms with Gasteiger partial charge in [0.15, 0.2) is 0 Å². The van der Waals surface area contributed by atoms with Crippen molar-refractivity contribution in [3.63, 3.8) is 0 Å². The third-order valence-corrected chi connectivity index (χ3v) is 5.80. The van der Waals surface area contributed by atoms with E-state index in [9.17, 15) is 9.00 Å². The fraction of sp³-hybridized carbons (Fsp3) is 0.533. The van der Waals surface area contributed by atoms with Gasteiger partial charge in [0.2, 0.25) is 6.29 Å². The number of rotatable bonds is 4. The molecule has 0 N–H and O–H groups in total. The maximum Gasteiger partial charge on any atom is 0.352 e. The van der Waals surface area contributed by atoms with Gasteiger partial charge in [-0.3, -0.25) is 4.21 Å². The van der Waals surface area contributed by atoms with Crippen LogP contribution in [0.1, 0.15) is 19.4 Å². The predicted molar refractivity (Wildman–Crippen MR) is 79.6 cm³/mol. The lowest BCUT2D eigenvalue weighted by molar-refractivity contribution is -0.167. The van der Waals surface area contributed by atoms with Gasteiger partial charge in [-0.1, -0.05) is 17.7 Å². The Hall–Kier alpha value is -1.60. The van der Waals surface area contributed by atoms with Gasteiger partial charge in [0.25, 0.3) is 4.87 Å². The number of hydrogen-bond donors (Lipinski definition) is 0. The maximum absolute atomic E-state index is 13.1. The van der Waals surface area contributed by atoms with Crippen LogP contribution >= 0.6 is 0 Å². The van der Waals surface area contributed by atoms with Crippen LogP contribution in [0.4, 0.5) is 0 Å². The molecule has 1 fully saturated rings. The monoisotopic (exact) mass is 322 g/mol. The van der Waals surface area contributed by atoms with Gasteiger partial charge >= 0.3 is 5.97 Å². The van der Waals surface area contributed by atoms with E-state index in [0.29, 0.717) is 11.5 Å². The minimum Gasteiger partial charge on any atom is -0.433 e. The number of carbonyl (C=O) groups is 1. The Balaban J connectivity index is 2.02. The first-order valence-electron chi connectivity index (χ1n) is 7.24. The number of hydrogen-bond acceptors (Lipinski definition) is 6. The maximum atomic E-state index is 13.1. The van der Waals surface area contributed by atoms with E-state index >= 15 is 0 Å². The van der Waals surface area contributed by atoms with Crippen LogP contribution in [-0.2, 0) is 25.1 Å². The number of fused-ring (bicyclic) bond motifs is 1. The lowest BCUT2D eigenvalue weighted by atomic mass is 9.96. The summed E-state index contributed by atoms with van der Waals surface area (Å²) in [5.74, 6) is -1.09. The molecule has 1 saturated heterocycles. The third-order valence-electron chi connectivity index (χ3n) is 4.02. The van der Waals surface area contributed by atoms with Crippen LogP contribution in [0.5, 0.6) is 0 Å². The molecule has 3 rings (SSSR count). The molecule has 118 valence electrons. The van der Waals surface area contributed by atoms with Crippen molar-refractivity contribution in [3.05, 3.63) is 29.8 Å². The summed E-state index contributed by atoms with van der Waals surface area (Å²) in [4.78, 5) is 11.5. The Morgan fingerprint density at radius 2 is 2.05 bits per heavy atom. The van der Waals surface area contributed by atoms with E-state index in [-0.39, 0.29) is 6.04 Å². The molecule has 1 aromatic carbocycles. The number of nitrogens with zero attached hydrogens (tertiary/aromatic N) is 2. The van der Waals surface area contributed by atoms with E-state index in [0.717, 1.165) is 5.56 Å². The Morgan fingerprint density at radius 3 is 2.68 bits per heavy atom. The first-order chi connectivity index (χ1) is 10.5. The van der Waals surface area contributed by atoms with Gasteiger partial charge in [0, 0.05) is 11.5 Å². The summed E-state index contributed by atoms with van der Waals surface area (Å²) in [7, 11) is -1.68. The summed E-state index contributed by atoms with van der Waals surface area (Å²) in [5, 5.41) is 8.18. The van der Waals surface area contributed by atoms with Crippen molar-refractivity contribution in [1.29, 1.82) is 0 Å². The fourth-order valence-electron chi connectivity index (χ4n) is 2.87. The van der Waals surface area contributed by atoms with E-state index in [1.54, 1.807) is 12.1 Å². The van der Waals surface area contributed by atoms with Crippen molar-refractivity contribution in [1.82, 2.24) is 0 Å². The van der Waals surface area contributed by atoms with Gasteiger partial charge < -0.3 is 9.47 Å². The Morgan fingerprint density at radius 1 is 1.36 bits per heavy atom. The molecule has 0 unspecified atom stereocenters. The minimum absolute atomic E-state index is 0.280. The van der Waals surface area contributed by atoms with Crippen molar-refractivity contribution in [3.8, 4) is 0 Å². The van der Waals surface area contributed by atoms with Gasteiger partial charge in [-0.05, 0) is 32.9 Å². The van der Waals surface area contributed by atoms with Crippen LogP contribution in [0.2, 0.25) is 0 Å². The van der Waals surface area contributed by atoms with Crippen molar-refractivity contribution in [2.45, 2.75) is 42.9 Å². The van der Waals surface area contributed by atoms with Gasteiger partial charge in [0.1, 0.15) is 0 Å². The molecule has 0 saturated carbocycles. The normalized spacial score (nSPS) is 34.5. The zero-order valence-corrected chi connectivity index (χ0v) is 13.5. The summed E-state index contributed by atoms with van der Waals surface area (Å²) < 4.78 is 23.9. The molecule has 22 heavy (non-hydrogen) atoms. The summed E-state index contributed by atoms with van der Waals surface area (Å²) in [6.45, 7) is 5.99. The lowest BCUT2D eigenvalue weighted by Gasteiger charge is -2.23. The zero-order chi connectivity index (χ0) is 15.9. The minimum atomic E-state index is -1.68. The van der Waals surface area contributed by atoms with Crippen molar-refractivity contribution < 1.29 is 18.5 Å². The molecule has 1 aromatic rings. The predicted octanol–water partition coefficient (Wildman–Crippen LogP) is 2.19. The number of aryl methyl sites for hydroxylation is 1. The molecule has 0 bridgehead atoms. The SMILES string of the molecule is CCO[C@H]1OC(=O)[C@@]2([S@@](=O)c3ccc(C)cc3)N=N[C@H](C)[C@@H]12. The quantitative estimate of drug-likeness (QED) is 0.796. The Kier molecular flexibility index (Phi) is 3.86. The summed E-state index contributed by atoms with van der Waals surface area (Å²) >= 11 is 0. The highest BCUT2D eigenvalue weighted by molar-refractivity contribution is 7.87. The zero-order valence-electron chi connectivity index (χ0n) is 12.7. The van der Waals surface area contributed by atoms with E-state index < -0.39 is 33.8 Å². The van der Waals surface area contributed by atoms with E-state index in [1.165, 1.54) is 0 Å². The first kappa shape index (κ1) is 15.3. The summed E-state index contributed by atoms with van der Waals surface area (Å²) in [6.07, 6.45) is -0.753. The molecule has 0 radical (unpaired) electrons. The summed E-state index contributed by atoms with van der Waals surface area (Å²) in [5.41, 5.74) is 1.05. The third kappa shape index (κ3) is 2.11. The molecule has 0 spiro atoms. The second kappa shape index (κ2) is 5.55. The van der Waals surface area contributed by atoms with E-state index in [1.807, 2.05) is 32.9 Å². The van der Waals surface area contributed by atoms with E-state index in [2.05, 4.69) is 10.2 Å². The van der Waals surface area contributed by atoms with E-state index in [4.69, 9.17) is 9.47 Å². The second-order valence-corrected chi connectivity index (χ2v) is 7.12. The van der Waals surface area contributed by atoms with Gasteiger partial charge in [-0.25, -0.2) is 4.79 Å². The van der Waals surface area contributed by atoms with Crippen molar-refractivity contribution >= 4 is 16.8 Å². The molecule has 0 aliphatic carbocycles. The molecule has 2 heterocycles. The average molecular weight is 322 g/mol. The topological polar surface area (TPSA) is 77.3 Å². The van der Waals surface area contributed by atoms with Crippen LogP contribution in [-0.4, -0.2) is 34.0 Å². The van der Waals surface area contributed by atoms with Crippen LogP contribution in [0.3, 0.4) is 0 Å². The molecule has 2 aliphatic heterocycles. The van der Waals surface area contributed by atoms with Gasteiger partial charge in [0.05, 0.1) is 22.8 Å². The molecule has 7 heteroatoms. The number of azo groups is 1. The second-order valence-electron chi connectivity index (χ2n) is 5.49. The highest BCUT2D eigenvalue weighted by Crippen LogP contribution is 2.47. The smallest absolute Gasteiger partial charge is 0.352 e. The fourth-order valence-corrected chi connectivity index (χ4v) is 4.49. The highest BCUT2D eigenvalue weighted by atomic mass is 32.2. The Labute approximate surface area is 131 Å². The van der Waals surface area contributed by atoms with Crippen LogP contribution in [0, 0.1) is 12.8 Å².